The third-order valence-electron chi connectivity index (χ3n) is 4.97. The number of fused-ring (bicyclic) bond motifs is 1. The van der Waals surface area contributed by atoms with Crippen LogP contribution in [-0.2, 0) is 9.47 Å². The average molecular weight is 210 g/mol. The fraction of sp³-hybridized carbons (Fsp3) is 1.00. The van der Waals surface area contributed by atoms with E-state index in [2.05, 4.69) is 13.8 Å². The minimum Gasteiger partial charge on any atom is -0.344 e. The molecular formula is C13H22O2. The molecule has 0 unspecified atom stereocenters. The molecule has 86 valence electrons. The molecule has 2 nitrogen and oxygen atoms in total. The summed E-state index contributed by atoms with van der Waals surface area (Å²) >= 11 is 0. The van der Waals surface area contributed by atoms with Crippen LogP contribution in [0.15, 0.2) is 0 Å². The van der Waals surface area contributed by atoms with Gasteiger partial charge in [0.15, 0.2) is 5.79 Å². The van der Waals surface area contributed by atoms with Gasteiger partial charge in [-0.2, -0.15) is 0 Å². The molecule has 2 aliphatic carbocycles. The van der Waals surface area contributed by atoms with Crippen molar-refractivity contribution in [2.24, 2.45) is 17.3 Å². The first-order valence-corrected chi connectivity index (χ1v) is 6.36. The van der Waals surface area contributed by atoms with Gasteiger partial charge in [-0.1, -0.05) is 20.3 Å². The highest BCUT2D eigenvalue weighted by Crippen LogP contribution is 2.68. The molecule has 0 aromatic heterocycles. The van der Waals surface area contributed by atoms with Crippen molar-refractivity contribution in [2.75, 3.05) is 0 Å². The number of hydrogen-bond donors (Lipinski definition) is 0. The monoisotopic (exact) mass is 210 g/mol. The third kappa shape index (κ3) is 1.18. The zero-order valence-electron chi connectivity index (χ0n) is 10.2. The van der Waals surface area contributed by atoms with E-state index in [-0.39, 0.29) is 5.79 Å². The summed E-state index contributed by atoms with van der Waals surface area (Å²) in [7, 11) is 0. The minimum absolute atomic E-state index is 0.354. The van der Waals surface area contributed by atoms with Crippen molar-refractivity contribution < 1.29 is 9.47 Å². The second-order valence-electron chi connectivity index (χ2n) is 6.10. The molecule has 2 heteroatoms. The van der Waals surface area contributed by atoms with Crippen LogP contribution in [-0.4, -0.2) is 18.0 Å². The zero-order chi connectivity index (χ0) is 10.8. The molecule has 2 saturated carbocycles. The molecule has 0 N–H and O–H groups in total. The van der Waals surface area contributed by atoms with Gasteiger partial charge in [0.05, 0.1) is 12.2 Å². The average Bonchev–Trinajstić information content (AvgIpc) is 2.84. The lowest BCUT2D eigenvalue weighted by Crippen LogP contribution is -2.29. The van der Waals surface area contributed by atoms with Gasteiger partial charge in [0.1, 0.15) is 0 Å². The van der Waals surface area contributed by atoms with Crippen LogP contribution in [0.5, 0.6) is 0 Å². The Hall–Kier alpha value is -0.0800. The van der Waals surface area contributed by atoms with Crippen LogP contribution in [0.4, 0.5) is 0 Å². The molecule has 0 aromatic carbocycles. The van der Waals surface area contributed by atoms with E-state index in [1.54, 1.807) is 0 Å². The Bertz CT molecular complexity index is 280. The topological polar surface area (TPSA) is 18.5 Å². The van der Waals surface area contributed by atoms with E-state index in [1.165, 1.54) is 19.3 Å². The van der Waals surface area contributed by atoms with Crippen LogP contribution < -0.4 is 0 Å². The predicted octanol–water partition coefficient (Wildman–Crippen LogP) is 2.96. The van der Waals surface area contributed by atoms with Crippen LogP contribution >= 0.6 is 0 Å². The van der Waals surface area contributed by atoms with Crippen molar-refractivity contribution in [1.29, 1.82) is 0 Å². The summed E-state index contributed by atoms with van der Waals surface area (Å²) in [6, 6.07) is 0. The third-order valence-corrected chi connectivity index (χ3v) is 4.97. The van der Waals surface area contributed by atoms with E-state index >= 15 is 0 Å². The summed E-state index contributed by atoms with van der Waals surface area (Å²) in [5.74, 6) is 1.07. The van der Waals surface area contributed by atoms with E-state index in [0.29, 0.717) is 23.5 Å². The summed E-state index contributed by atoms with van der Waals surface area (Å²) in [4.78, 5) is 0. The molecule has 1 heterocycles. The van der Waals surface area contributed by atoms with Gasteiger partial charge in [0, 0.05) is 0 Å². The molecule has 1 saturated heterocycles. The van der Waals surface area contributed by atoms with Gasteiger partial charge >= 0.3 is 0 Å². The fourth-order valence-electron chi connectivity index (χ4n) is 4.12. The molecular weight excluding hydrogens is 188 g/mol. The molecule has 1 spiro atoms. The Morgan fingerprint density at radius 2 is 1.73 bits per heavy atom. The fourth-order valence-corrected chi connectivity index (χ4v) is 4.12. The largest absolute Gasteiger partial charge is 0.344 e. The summed E-state index contributed by atoms with van der Waals surface area (Å²) in [5, 5.41) is 0. The Morgan fingerprint density at radius 1 is 1.13 bits per heavy atom. The molecule has 1 aliphatic heterocycles. The lowest BCUT2D eigenvalue weighted by molar-refractivity contribution is -0.167. The van der Waals surface area contributed by atoms with Crippen molar-refractivity contribution in [3.05, 3.63) is 0 Å². The lowest BCUT2D eigenvalue weighted by Gasteiger charge is -2.28. The van der Waals surface area contributed by atoms with E-state index in [1.807, 2.05) is 13.8 Å². The second-order valence-corrected chi connectivity index (χ2v) is 6.10. The highest BCUT2D eigenvalue weighted by molar-refractivity contribution is 5.15. The van der Waals surface area contributed by atoms with Gasteiger partial charge in [-0.3, -0.25) is 0 Å². The van der Waals surface area contributed by atoms with Crippen LogP contribution in [0, 0.1) is 17.3 Å². The molecule has 4 atom stereocenters. The Balaban J connectivity index is 1.90. The summed E-state index contributed by atoms with van der Waals surface area (Å²) in [5.41, 5.74) is 0.584. The number of rotatable bonds is 1. The quantitative estimate of drug-likeness (QED) is 0.662. The van der Waals surface area contributed by atoms with Gasteiger partial charge < -0.3 is 9.47 Å². The van der Waals surface area contributed by atoms with Crippen molar-refractivity contribution in [3.8, 4) is 0 Å². The second kappa shape index (κ2) is 2.78. The van der Waals surface area contributed by atoms with E-state index in [4.69, 9.17) is 9.47 Å². The molecule has 3 fully saturated rings. The lowest BCUT2D eigenvalue weighted by atomic mass is 9.84. The smallest absolute Gasteiger partial charge is 0.163 e. The standard InChI is InChI=1S/C13H22O2/c1-5-9-11-10(14-12(3,4)15-11)8(2)13(9)6-7-13/h8-11H,5-7H2,1-4H3/t8-,9-,10+,11-/m1/s1. The minimum atomic E-state index is -0.354. The molecule has 0 amide bonds. The number of ether oxygens (including phenoxy) is 2. The highest BCUT2D eigenvalue weighted by Gasteiger charge is 2.67. The Morgan fingerprint density at radius 3 is 2.27 bits per heavy atom. The summed E-state index contributed by atoms with van der Waals surface area (Å²) in [6.07, 6.45) is 4.75. The summed E-state index contributed by atoms with van der Waals surface area (Å²) in [6.45, 7) is 8.76. The maximum Gasteiger partial charge on any atom is 0.163 e. The van der Waals surface area contributed by atoms with Gasteiger partial charge in [-0.25, -0.2) is 0 Å². The van der Waals surface area contributed by atoms with Crippen LogP contribution in [0.3, 0.4) is 0 Å². The summed E-state index contributed by atoms with van der Waals surface area (Å²) < 4.78 is 12.2. The normalized spacial score (nSPS) is 49.6. The van der Waals surface area contributed by atoms with Gasteiger partial charge in [0.25, 0.3) is 0 Å². The van der Waals surface area contributed by atoms with Crippen molar-refractivity contribution in [2.45, 2.75) is 65.0 Å². The van der Waals surface area contributed by atoms with E-state index < -0.39 is 0 Å². The van der Waals surface area contributed by atoms with E-state index in [0.717, 1.165) is 5.92 Å². The van der Waals surface area contributed by atoms with Crippen LogP contribution in [0.25, 0.3) is 0 Å². The maximum absolute atomic E-state index is 6.10. The predicted molar refractivity (Wildman–Crippen MR) is 58.4 cm³/mol. The zero-order valence-corrected chi connectivity index (χ0v) is 10.2. The molecule has 0 bridgehead atoms. The van der Waals surface area contributed by atoms with Gasteiger partial charge in [-0.15, -0.1) is 0 Å². The van der Waals surface area contributed by atoms with Gasteiger partial charge in [-0.05, 0) is 43.9 Å². The first-order valence-electron chi connectivity index (χ1n) is 6.36. The Labute approximate surface area is 92.3 Å². The van der Waals surface area contributed by atoms with Crippen molar-refractivity contribution in [1.82, 2.24) is 0 Å². The van der Waals surface area contributed by atoms with Crippen LogP contribution in [0.2, 0.25) is 0 Å². The van der Waals surface area contributed by atoms with Crippen molar-refractivity contribution >= 4 is 0 Å². The van der Waals surface area contributed by atoms with E-state index in [9.17, 15) is 0 Å². The number of hydrogen-bond acceptors (Lipinski definition) is 2. The first-order chi connectivity index (χ1) is 7.00. The molecule has 15 heavy (non-hydrogen) atoms. The van der Waals surface area contributed by atoms with Crippen molar-refractivity contribution in [3.63, 3.8) is 0 Å². The molecule has 0 radical (unpaired) electrons. The maximum atomic E-state index is 6.10. The van der Waals surface area contributed by atoms with Crippen LogP contribution in [0.1, 0.15) is 47.0 Å². The SMILES string of the molecule is CC[C@@H]1[C@H]2OC(C)(C)O[C@H]2[C@@H](C)C12CC2. The first kappa shape index (κ1) is 10.1. The molecule has 3 rings (SSSR count). The highest BCUT2D eigenvalue weighted by atomic mass is 16.8. The molecule has 0 aromatic rings. The molecule has 3 aliphatic rings. The Kier molecular flexibility index (Phi) is 1.87. The van der Waals surface area contributed by atoms with Gasteiger partial charge in [0.2, 0.25) is 0 Å².